The van der Waals surface area contributed by atoms with Gasteiger partial charge in [0, 0.05) is 59.0 Å². The smallest absolute Gasteiger partial charge is 0.164 e. The first kappa shape index (κ1) is 40.2. The molecule has 0 fully saturated rings. The Morgan fingerprint density at radius 3 is 2.10 bits per heavy atom. The maximum Gasteiger partial charge on any atom is 0.164 e. The third-order valence-electron chi connectivity index (χ3n) is 11.0. The van der Waals surface area contributed by atoms with Gasteiger partial charge in [-0.3, -0.25) is 9.78 Å². The summed E-state index contributed by atoms with van der Waals surface area (Å²) in [6, 6.07) is 24.9. The fourth-order valence-corrected chi connectivity index (χ4v) is 7.35. The van der Waals surface area contributed by atoms with E-state index in [0.29, 0.717) is 0 Å². The normalized spacial score (nSPS) is 12.5. The number of aryl methyl sites for hydroxylation is 1. The third-order valence-corrected chi connectivity index (χ3v) is 12.0. The predicted octanol–water partition coefficient (Wildman–Crippen LogP) is 13.6. The average molecular weight is 879 g/mol. The predicted molar refractivity (Wildman–Crippen MR) is 213 cm³/mol. The van der Waals surface area contributed by atoms with Crippen LogP contribution in [-0.2, 0) is 30.3 Å². The van der Waals surface area contributed by atoms with E-state index in [-0.39, 0.29) is 47.9 Å². The second-order valence-electron chi connectivity index (χ2n) is 15.1. The second kappa shape index (κ2) is 16.0. The quantitative estimate of drug-likeness (QED) is 0.0893. The van der Waals surface area contributed by atoms with E-state index in [9.17, 15) is 9.90 Å². The molecule has 51 heavy (non-hydrogen) atoms. The number of hydrogen-bond acceptors (Lipinski definition) is 5. The van der Waals surface area contributed by atoms with Crippen LogP contribution >= 0.6 is 11.3 Å². The molecule has 3 aromatic heterocycles. The molecule has 0 aliphatic heterocycles. The van der Waals surface area contributed by atoms with Crippen molar-refractivity contribution in [3.05, 3.63) is 101 Å². The molecule has 0 atom stereocenters. The number of thiophene rings is 1. The largest absolute Gasteiger partial charge is 0.512 e. The molecule has 3 aromatic carbocycles. The number of hydrogen-bond donors (Lipinski definition) is 1. The summed E-state index contributed by atoms with van der Waals surface area (Å²) in [5.41, 5.74) is 7.11. The Hall–Kier alpha value is -3.57. The van der Waals surface area contributed by atoms with Gasteiger partial charge >= 0.3 is 0 Å². The monoisotopic (exact) mass is 879 g/mol. The van der Waals surface area contributed by atoms with Crippen molar-refractivity contribution in [3.8, 4) is 22.4 Å². The van der Waals surface area contributed by atoms with Gasteiger partial charge in [-0.15, -0.1) is 40.5 Å². The van der Waals surface area contributed by atoms with E-state index in [0.717, 1.165) is 69.3 Å². The summed E-state index contributed by atoms with van der Waals surface area (Å²) < 4.78 is 5.91. The Bertz CT molecular complexity index is 2170. The minimum Gasteiger partial charge on any atom is -0.512 e. The van der Waals surface area contributed by atoms with Crippen LogP contribution in [0, 0.1) is 23.8 Å². The maximum absolute atomic E-state index is 12.2. The molecule has 0 aliphatic carbocycles. The molecule has 1 N–H and O–H groups in total. The van der Waals surface area contributed by atoms with Gasteiger partial charge in [0.2, 0.25) is 0 Å². The minimum atomic E-state index is -0.337. The number of carbonyl (C=O) groups is 1. The molecule has 6 aromatic rings. The molecule has 0 spiro atoms. The summed E-state index contributed by atoms with van der Waals surface area (Å²) in [6.45, 7) is 21.0. The molecule has 0 unspecified atom stereocenters. The van der Waals surface area contributed by atoms with Gasteiger partial charge in [0.05, 0.1) is 6.26 Å². The molecule has 6 heteroatoms. The molecule has 4 nitrogen and oxygen atoms in total. The summed E-state index contributed by atoms with van der Waals surface area (Å²) in [5.74, 6) is 0.286. The number of carbonyl (C=O) groups excluding carboxylic acids is 1. The van der Waals surface area contributed by atoms with Crippen LogP contribution in [0.2, 0.25) is 0 Å². The second-order valence-corrected chi connectivity index (χ2v) is 16.0. The molecule has 6 rings (SSSR count). The number of nitrogens with zero attached hydrogens (tertiary/aromatic N) is 1. The Kier molecular flexibility index (Phi) is 12.6. The van der Waals surface area contributed by atoms with E-state index in [2.05, 4.69) is 87.7 Å². The zero-order valence-corrected chi connectivity index (χ0v) is 35.0. The summed E-state index contributed by atoms with van der Waals surface area (Å²) in [7, 11) is 0. The van der Waals surface area contributed by atoms with E-state index >= 15 is 0 Å². The van der Waals surface area contributed by atoms with Gasteiger partial charge in [0.1, 0.15) is 16.2 Å². The molecule has 0 aliphatic rings. The zero-order chi connectivity index (χ0) is 36.4. The molecule has 3 heterocycles. The van der Waals surface area contributed by atoms with Crippen molar-refractivity contribution in [1.82, 2.24) is 4.98 Å². The maximum atomic E-state index is 12.2. The van der Waals surface area contributed by atoms with Crippen LogP contribution in [0.3, 0.4) is 0 Å². The number of benzene rings is 3. The first-order valence-corrected chi connectivity index (χ1v) is 18.8. The van der Waals surface area contributed by atoms with Gasteiger partial charge in [-0.25, -0.2) is 0 Å². The fraction of sp³-hybridized carbons (Fsp3) is 0.378. The topological polar surface area (TPSA) is 63.3 Å². The van der Waals surface area contributed by atoms with Crippen LogP contribution in [-0.4, -0.2) is 15.9 Å². The van der Waals surface area contributed by atoms with Crippen LogP contribution in [0.15, 0.2) is 88.6 Å². The Morgan fingerprint density at radius 2 is 1.47 bits per heavy atom. The van der Waals surface area contributed by atoms with Crippen LogP contribution in [0.4, 0.5) is 0 Å². The standard InChI is InChI=1S/C30H24NOS.C15H28O2.Ir/c1-18-17-33-29-28(18)23(24-16-32-27-12-8-7-11-22(24)27)15-26(31-29)20-13-19-9-5-6-10-21(19)25(14-20)30(2,3)4;1-7-14(5,8-2)12(16)11-13(17)15(6,9-3)10-4;/h5-12,14-17H,1-4H3;11,16H,7-10H2,1-6H3;/q-1;;/b;12-11-;. The van der Waals surface area contributed by atoms with Crippen molar-refractivity contribution < 1.29 is 34.4 Å². The van der Waals surface area contributed by atoms with E-state index < -0.39 is 0 Å². The molecule has 271 valence electrons. The molecular weight excluding hydrogens is 827 g/mol. The van der Waals surface area contributed by atoms with E-state index in [1.165, 1.54) is 28.0 Å². The SMILES string of the molecule is CCC(C)(CC)C(=O)/C=C(\O)C(C)(CC)CC.Cc1csc2nc(-c3[c-]c4ccccc4c(C(C)(C)C)c3)cc(-c3coc4ccccc34)c12.[Ir]. The molecule has 0 saturated heterocycles. The number of ketones is 1. The molecule has 0 amide bonds. The number of pyridine rings is 1. The van der Waals surface area contributed by atoms with Gasteiger partial charge in [0.25, 0.3) is 0 Å². The first-order valence-electron chi connectivity index (χ1n) is 18.0. The van der Waals surface area contributed by atoms with Crippen molar-refractivity contribution >= 4 is 49.1 Å². The van der Waals surface area contributed by atoms with Crippen molar-refractivity contribution in [1.29, 1.82) is 0 Å². The number of aliphatic hydroxyl groups excluding tert-OH is 1. The number of rotatable bonds is 9. The van der Waals surface area contributed by atoms with Gasteiger partial charge in [-0.1, -0.05) is 116 Å². The van der Waals surface area contributed by atoms with Crippen LogP contribution in [0.5, 0.6) is 0 Å². The Morgan fingerprint density at radius 1 is 0.863 bits per heavy atom. The molecular formula is C45H52IrNO3S-. The van der Waals surface area contributed by atoms with Crippen LogP contribution in [0.25, 0.3) is 54.3 Å². The van der Waals surface area contributed by atoms with Crippen LogP contribution in [0.1, 0.15) is 99.1 Å². The summed E-state index contributed by atoms with van der Waals surface area (Å²) >= 11 is 1.70. The average Bonchev–Trinajstić information content (AvgIpc) is 3.73. The number of aromatic nitrogens is 1. The van der Waals surface area contributed by atoms with Gasteiger partial charge in [-0.2, -0.15) is 0 Å². The summed E-state index contributed by atoms with van der Waals surface area (Å²) in [5, 5.41) is 17.0. The number of aliphatic hydroxyl groups is 1. The molecule has 0 bridgehead atoms. The Balaban J connectivity index is 0.000000279. The summed E-state index contributed by atoms with van der Waals surface area (Å²) in [4.78, 5) is 18.3. The van der Waals surface area contributed by atoms with E-state index in [1.54, 1.807) is 11.3 Å². The van der Waals surface area contributed by atoms with E-state index in [4.69, 9.17) is 9.40 Å². The fourth-order valence-electron chi connectivity index (χ4n) is 6.40. The number of para-hydroxylation sites is 1. The number of allylic oxidation sites excluding steroid dienone is 2. The zero-order valence-electron chi connectivity index (χ0n) is 31.8. The Labute approximate surface area is 321 Å². The first-order chi connectivity index (χ1) is 23.7. The van der Waals surface area contributed by atoms with Crippen molar-refractivity contribution in [2.24, 2.45) is 10.8 Å². The summed E-state index contributed by atoms with van der Waals surface area (Å²) in [6.07, 6.45) is 6.63. The molecule has 0 saturated carbocycles. The van der Waals surface area contributed by atoms with E-state index in [1.807, 2.05) is 59.9 Å². The third kappa shape index (κ3) is 8.09. The van der Waals surface area contributed by atoms with Crippen LogP contribution < -0.4 is 0 Å². The number of furan rings is 1. The molecule has 1 radical (unpaired) electrons. The minimum absolute atomic E-state index is 0. The van der Waals surface area contributed by atoms with Gasteiger partial charge in [-0.05, 0) is 60.6 Å². The number of fused-ring (bicyclic) bond motifs is 3. The van der Waals surface area contributed by atoms with Gasteiger partial charge in [0.15, 0.2) is 5.78 Å². The van der Waals surface area contributed by atoms with Crippen molar-refractivity contribution in [3.63, 3.8) is 0 Å². The van der Waals surface area contributed by atoms with Crippen molar-refractivity contribution in [2.45, 2.75) is 100 Å². The van der Waals surface area contributed by atoms with Gasteiger partial charge < -0.3 is 9.52 Å². The van der Waals surface area contributed by atoms with Crippen molar-refractivity contribution in [2.75, 3.05) is 0 Å².